The molecular formula is C55H36N2. The van der Waals surface area contributed by atoms with Crippen molar-refractivity contribution in [2.45, 2.75) is 5.41 Å². The number of rotatable bonds is 5. The number of para-hydroxylation sites is 3. The van der Waals surface area contributed by atoms with E-state index in [1.165, 1.54) is 93.8 Å². The minimum atomic E-state index is -0.532. The molecule has 0 saturated carbocycles. The van der Waals surface area contributed by atoms with Crippen LogP contribution in [0.5, 0.6) is 0 Å². The first-order chi connectivity index (χ1) is 28.3. The average molecular weight is 725 g/mol. The molecule has 2 heteroatoms. The Morgan fingerprint density at radius 3 is 1.46 bits per heavy atom. The lowest BCUT2D eigenvalue weighted by Gasteiger charge is -2.34. The molecule has 0 N–H and O–H groups in total. The van der Waals surface area contributed by atoms with Gasteiger partial charge >= 0.3 is 0 Å². The van der Waals surface area contributed by atoms with Gasteiger partial charge in [-0.25, -0.2) is 0 Å². The normalized spacial score (nSPS) is 13.1. The van der Waals surface area contributed by atoms with Crippen molar-refractivity contribution in [2.75, 3.05) is 0 Å². The fraction of sp³-hybridized carbons (Fsp3) is 0.0182. The van der Waals surface area contributed by atoms with Gasteiger partial charge in [-0.3, -0.25) is 0 Å². The summed E-state index contributed by atoms with van der Waals surface area (Å²) in [5.74, 6) is 0. The molecule has 9 aromatic carbocycles. The number of hydrogen-bond acceptors (Lipinski definition) is 0. The summed E-state index contributed by atoms with van der Waals surface area (Å²) in [4.78, 5) is 0. The molecule has 0 unspecified atom stereocenters. The van der Waals surface area contributed by atoms with Crippen molar-refractivity contribution in [3.05, 3.63) is 241 Å². The van der Waals surface area contributed by atoms with Crippen LogP contribution in [0.1, 0.15) is 22.3 Å². The van der Waals surface area contributed by atoms with Crippen molar-refractivity contribution in [2.24, 2.45) is 0 Å². The second-order valence-electron chi connectivity index (χ2n) is 15.2. The van der Waals surface area contributed by atoms with Gasteiger partial charge in [0.05, 0.1) is 27.5 Å². The van der Waals surface area contributed by atoms with Gasteiger partial charge in [0.1, 0.15) is 0 Å². The number of nitrogens with zero attached hydrogens (tertiary/aromatic N) is 2. The largest absolute Gasteiger partial charge is 0.309 e. The van der Waals surface area contributed by atoms with Crippen LogP contribution >= 0.6 is 0 Å². The van der Waals surface area contributed by atoms with Gasteiger partial charge in [-0.2, -0.15) is 0 Å². The van der Waals surface area contributed by atoms with Crippen LogP contribution in [0.4, 0.5) is 0 Å². The monoisotopic (exact) mass is 724 g/mol. The fourth-order valence-electron chi connectivity index (χ4n) is 10.1. The molecule has 2 aromatic heterocycles. The zero-order chi connectivity index (χ0) is 37.5. The molecule has 0 radical (unpaired) electrons. The van der Waals surface area contributed by atoms with Crippen molar-refractivity contribution in [3.8, 4) is 33.6 Å². The molecule has 2 nitrogen and oxygen atoms in total. The van der Waals surface area contributed by atoms with Crippen molar-refractivity contribution < 1.29 is 0 Å². The smallest absolute Gasteiger partial charge is 0.0734 e. The van der Waals surface area contributed by atoms with E-state index in [2.05, 4.69) is 228 Å². The van der Waals surface area contributed by atoms with E-state index >= 15 is 0 Å². The Bertz CT molecular complexity index is 3280. The Hall–Kier alpha value is -7.42. The molecule has 1 aliphatic rings. The number of fused-ring (bicyclic) bond motifs is 10. The number of aromatic nitrogens is 2. The Labute approximate surface area is 331 Å². The third-order valence-electron chi connectivity index (χ3n) is 12.4. The Morgan fingerprint density at radius 2 is 0.807 bits per heavy atom. The molecule has 0 atom stereocenters. The minimum Gasteiger partial charge on any atom is -0.309 e. The van der Waals surface area contributed by atoms with E-state index in [9.17, 15) is 0 Å². The molecule has 0 aliphatic heterocycles. The Kier molecular flexibility index (Phi) is 6.88. The van der Waals surface area contributed by atoms with E-state index in [1.807, 2.05) is 0 Å². The zero-order valence-electron chi connectivity index (χ0n) is 31.2. The van der Waals surface area contributed by atoms with Crippen molar-refractivity contribution in [1.29, 1.82) is 0 Å². The van der Waals surface area contributed by atoms with E-state index in [0.29, 0.717) is 0 Å². The van der Waals surface area contributed by atoms with Gasteiger partial charge in [0.15, 0.2) is 0 Å². The maximum Gasteiger partial charge on any atom is 0.0734 e. The highest BCUT2D eigenvalue weighted by atomic mass is 15.0. The van der Waals surface area contributed by atoms with Crippen LogP contribution in [0, 0.1) is 0 Å². The molecule has 266 valence electrons. The van der Waals surface area contributed by atoms with Crippen LogP contribution in [0.25, 0.3) is 77.2 Å². The SMILES string of the molecule is c1ccc(-n2c3ccccc3c3cc(-c4ccc5c(c4)c4ccc6c(c4n5-c4ccccc4)C(c4ccccc4)(c4ccccc4)c4ccccc4-6)ccc32)cc1. The quantitative estimate of drug-likeness (QED) is 0.167. The summed E-state index contributed by atoms with van der Waals surface area (Å²) in [5.41, 5.74) is 16.8. The molecule has 0 bridgehead atoms. The molecule has 57 heavy (non-hydrogen) atoms. The lowest BCUT2D eigenvalue weighted by Crippen LogP contribution is -2.29. The molecular weight excluding hydrogens is 689 g/mol. The van der Waals surface area contributed by atoms with Gasteiger partial charge < -0.3 is 9.13 Å². The Balaban J connectivity index is 1.17. The number of benzene rings is 9. The number of hydrogen-bond donors (Lipinski definition) is 0. The topological polar surface area (TPSA) is 9.86 Å². The third kappa shape index (κ3) is 4.47. The molecule has 0 saturated heterocycles. The van der Waals surface area contributed by atoms with Gasteiger partial charge in [0, 0.05) is 38.5 Å². The molecule has 1 aliphatic carbocycles. The van der Waals surface area contributed by atoms with Crippen LogP contribution in [0.2, 0.25) is 0 Å². The summed E-state index contributed by atoms with van der Waals surface area (Å²) in [6, 6.07) is 80.5. The second kappa shape index (κ2) is 12.3. The van der Waals surface area contributed by atoms with Crippen LogP contribution in [0.3, 0.4) is 0 Å². The standard InChI is InChI=1S/C55H36N2/c1-5-17-39(18-6-1)55(40-19-7-2-8-20-40)49-27-15-13-25-43(49)45-31-32-46-48-36-38(30-34-52(48)57(54(46)53(45)55)42-23-11-4-12-24-42)37-29-33-51-47(35-37)44-26-14-16-28-50(44)56(51)41-21-9-3-10-22-41/h1-36H. The van der Waals surface area contributed by atoms with Gasteiger partial charge in [0.2, 0.25) is 0 Å². The first-order valence-corrected chi connectivity index (χ1v) is 19.8. The van der Waals surface area contributed by atoms with Gasteiger partial charge in [0.25, 0.3) is 0 Å². The first-order valence-electron chi connectivity index (χ1n) is 19.8. The second-order valence-corrected chi connectivity index (χ2v) is 15.2. The fourth-order valence-corrected chi connectivity index (χ4v) is 10.1. The van der Waals surface area contributed by atoms with E-state index < -0.39 is 5.41 Å². The van der Waals surface area contributed by atoms with Crippen LogP contribution in [0.15, 0.2) is 218 Å². The van der Waals surface area contributed by atoms with Crippen LogP contribution < -0.4 is 0 Å². The summed E-state index contributed by atoms with van der Waals surface area (Å²) >= 11 is 0. The molecule has 0 fully saturated rings. The molecule has 12 rings (SSSR count). The lowest BCUT2D eigenvalue weighted by molar-refractivity contribution is 0.772. The van der Waals surface area contributed by atoms with E-state index in [-0.39, 0.29) is 0 Å². The van der Waals surface area contributed by atoms with Crippen LogP contribution in [-0.4, -0.2) is 9.13 Å². The van der Waals surface area contributed by atoms with Gasteiger partial charge in [-0.15, -0.1) is 0 Å². The predicted octanol–water partition coefficient (Wildman–Crippen LogP) is 13.9. The van der Waals surface area contributed by atoms with E-state index in [0.717, 1.165) is 5.69 Å². The highest BCUT2D eigenvalue weighted by Gasteiger charge is 2.48. The minimum absolute atomic E-state index is 0.532. The highest BCUT2D eigenvalue weighted by molar-refractivity contribution is 6.15. The van der Waals surface area contributed by atoms with Crippen LogP contribution in [-0.2, 0) is 5.41 Å². The summed E-state index contributed by atoms with van der Waals surface area (Å²) < 4.78 is 4.91. The summed E-state index contributed by atoms with van der Waals surface area (Å²) in [6.45, 7) is 0. The third-order valence-corrected chi connectivity index (χ3v) is 12.4. The van der Waals surface area contributed by atoms with E-state index in [1.54, 1.807) is 0 Å². The summed E-state index contributed by atoms with van der Waals surface area (Å²) in [5, 5.41) is 5.00. The predicted molar refractivity (Wildman–Crippen MR) is 238 cm³/mol. The summed E-state index contributed by atoms with van der Waals surface area (Å²) in [6.07, 6.45) is 0. The zero-order valence-corrected chi connectivity index (χ0v) is 31.2. The van der Waals surface area contributed by atoms with Gasteiger partial charge in [-0.05, 0) is 93.5 Å². The Morgan fingerprint density at radius 1 is 0.316 bits per heavy atom. The molecule has 0 spiro atoms. The van der Waals surface area contributed by atoms with Gasteiger partial charge in [-0.1, -0.05) is 164 Å². The average Bonchev–Trinajstić information content (AvgIpc) is 3.91. The molecule has 2 heterocycles. The van der Waals surface area contributed by atoms with E-state index in [4.69, 9.17) is 0 Å². The first kappa shape index (κ1) is 31.9. The summed E-state index contributed by atoms with van der Waals surface area (Å²) in [7, 11) is 0. The highest BCUT2D eigenvalue weighted by Crippen LogP contribution is 2.59. The maximum absolute atomic E-state index is 2.52. The lowest BCUT2D eigenvalue weighted by atomic mass is 9.67. The maximum atomic E-state index is 2.52. The van der Waals surface area contributed by atoms with Crippen molar-refractivity contribution in [1.82, 2.24) is 9.13 Å². The molecule has 11 aromatic rings. The van der Waals surface area contributed by atoms with Crippen molar-refractivity contribution in [3.63, 3.8) is 0 Å². The van der Waals surface area contributed by atoms with Crippen molar-refractivity contribution >= 4 is 43.6 Å². The molecule has 0 amide bonds.